The highest BCUT2D eigenvalue weighted by atomic mass is 35.5. The lowest BCUT2D eigenvalue weighted by molar-refractivity contribution is -0.118. The first-order valence-corrected chi connectivity index (χ1v) is 14.4. The Labute approximate surface area is 261 Å². The number of carbonyl (C=O) groups is 2. The number of amides is 2. The van der Waals surface area contributed by atoms with E-state index in [1.54, 1.807) is 24.3 Å². The highest BCUT2D eigenvalue weighted by Gasteiger charge is 2.15. The second-order valence-corrected chi connectivity index (χ2v) is 10.4. The van der Waals surface area contributed by atoms with Crippen LogP contribution in [0.25, 0.3) is 11.3 Å². The number of methoxy groups -OCH3 is 1. The van der Waals surface area contributed by atoms with E-state index in [-0.39, 0.29) is 22.2 Å². The average molecular weight is 630 g/mol. The summed E-state index contributed by atoms with van der Waals surface area (Å²) >= 11 is 7.86. The molecule has 0 aliphatic rings. The summed E-state index contributed by atoms with van der Waals surface area (Å²) in [5.74, 6) is -1.18. The minimum atomic E-state index is -0.578. The van der Waals surface area contributed by atoms with Gasteiger partial charge < -0.3 is 20.1 Å². The van der Waals surface area contributed by atoms with E-state index < -0.39 is 24.2 Å². The van der Waals surface area contributed by atoms with Gasteiger partial charge in [-0.1, -0.05) is 54.1 Å². The van der Waals surface area contributed by atoms with Gasteiger partial charge in [0.15, 0.2) is 23.2 Å². The minimum absolute atomic E-state index is 0.0360. The van der Waals surface area contributed by atoms with Gasteiger partial charge >= 0.3 is 0 Å². The zero-order chi connectivity index (χ0) is 30.9. The Hall–Kier alpha value is -5.26. The number of anilines is 3. The number of nitrogens with zero attached hydrogens (tertiary/aromatic N) is 2. The molecule has 0 aliphatic carbocycles. The van der Waals surface area contributed by atoms with Crippen LogP contribution in [0.5, 0.6) is 11.5 Å². The number of aromatic nitrogens is 1. The van der Waals surface area contributed by atoms with Crippen LogP contribution in [0.15, 0.2) is 101 Å². The molecule has 1 heterocycles. The van der Waals surface area contributed by atoms with Gasteiger partial charge in [0.2, 0.25) is 0 Å². The molecule has 0 atom stereocenters. The maximum absolute atomic E-state index is 13.8. The number of hydrogen-bond acceptors (Lipinski definition) is 8. The number of nitrogens with one attached hydrogen (secondary N) is 3. The third-order valence-electron chi connectivity index (χ3n) is 6.10. The van der Waals surface area contributed by atoms with Gasteiger partial charge in [0.25, 0.3) is 11.8 Å². The van der Waals surface area contributed by atoms with Crippen LogP contribution in [0.3, 0.4) is 0 Å². The second kappa shape index (κ2) is 14.3. The molecule has 44 heavy (non-hydrogen) atoms. The van der Waals surface area contributed by atoms with Crippen molar-refractivity contribution in [2.24, 2.45) is 5.10 Å². The van der Waals surface area contributed by atoms with Gasteiger partial charge in [-0.3, -0.25) is 9.59 Å². The van der Waals surface area contributed by atoms with Gasteiger partial charge in [-0.05, 0) is 54.1 Å². The van der Waals surface area contributed by atoms with Crippen LogP contribution >= 0.6 is 22.9 Å². The number of hydrazone groups is 1. The van der Waals surface area contributed by atoms with E-state index in [1.165, 1.54) is 48.9 Å². The van der Waals surface area contributed by atoms with Crippen molar-refractivity contribution in [2.45, 2.75) is 0 Å². The first-order valence-electron chi connectivity index (χ1n) is 13.2. The average Bonchev–Trinajstić information content (AvgIpc) is 3.50. The number of hydrogen-bond donors (Lipinski definition) is 3. The molecule has 2 amide bonds. The molecule has 222 valence electrons. The maximum atomic E-state index is 13.8. The first kappa shape index (κ1) is 30.2. The molecule has 0 saturated heterocycles. The third-order valence-corrected chi connectivity index (χ3v) is 7.14. The summed E-state index contributed by atoms with van der Waals surface area (Å²) < 4.78 is 24.7. The SMILES string of the molecule is COc1cc(/C=N/NC(=O)c2ccc(-c3csc(Nc4ccccc4)n3)cc2)cc(Cl)c1OCC(=O)Nc1ccccc1F. The molecule has 0 unspecified atom stereocenters. The maximum Gasteiger partial charge on any atom is 0.271 e. The molecule has 12 heteroatoms. The number of thiazole rings is 1. The van der Waals surface area contributed by atoms with Gasteiger partial charge in [-0.2, -0.15) is 5.10 Å². The van der Waals surface area contributed by atoms with Crippen LogP contribution in [0.2, 0.25) is 5.02 Å². The number of halogens is 2. The molecule has 3 N–H and O–H groups in total. The lowest BCUT2D eigenvalue weighted by Gasteiger charge is -2.13. The van der Waals surface area contributed by atoms with E-state index in [1.807, 2.05) is 47.8 Å². The van der Waals surface area contributed by atoms with Crippen molar-refractivity contribution < 1.29 is 23.5 Å². The Balaban J connectivity index is 1.16. The second-order valence-electron chi connectivity index (χ2n) is 9.16. The highest BCUT2D eigenvalue weighted by molar-refractivity contribution is 7.14. The van der Waals surface area contributed by atoms with Crippen molar-refractivity contribution in [1.29, 1.82) is 0 Å². The number of rotatable bonds is 11. The molecule has 0 radical (unpaired) electrons. The Morgan fingerprint density at radius 2 is 1.77 bits per heavy atom. The predicted octanol–water partition coefficient (Wildman–Crippen LogP) is 7.14. The van der Waals surface area contributed by atoms with Crippen LogP contribution in [0.1, 0.15) is 15.9 Å². The molecule has 1 aromatic heterocycles. The Bertz CT molecular complexity index is 1800. The fraction of sp³-hybridized carbons (Fsp3) is 0.0625. The summed E-state index contributed by atoms with van der Waals surface area (Å²) in [6.45, 7) is -0.430. The van der Waals surface area contributed by atoms with E-state index in [0.717, 1.165) is 22.1 Å². The fourth-order valence-electron chi connectivity index (χ4n) is 3.97. The van der Waals surface area contributed by atoms with Crippen LogP contribution in [0.4, 0.5) is 20.9 Å². The van der Waals surface area contributed by atoms with Crippen molar-refractivity contribution >= 4 is 57.5 Å². The number of ether oxygens (including phenoxy) is 2. The molecule has 0 saturated carbocycles. The quantitative estimate of drug-likeness (QED) is 0.106. The van der Waals surface area contributed by atoms with E-state index in [2.05, 4.69) is 26.1 Å². The Morgan fingerprint density at radius 1 is 1.02 bits per heavy atom. The number of carbonyl (C=O) groups excluding carboxylic acids is 2. The van der Waals surface area contributed by atoms with Gasteiger partial charge in [0.05, 0.1) is 29.7 Å². The first-order chi connectivity index (χ1) is 21.4. The summed E-state index contributed by atoms with van der Waals surface area (Å²) in [4.78, 5) is 29.5. The van der Waals surface area contributed by atoms with Crippen LogP contribution in [-0.2, 0) is 4.79 Å². The third kappa shape index (κ3) is 7.77. The summed E-state index contributed by atoms with van der Waals surface area (Å²) in [6, 6.07) is 25.7. The fourth-order valence-corrected chi connectivity index (χ4v) is 4.99. The van der Waals surface area contributed by atoms with Crippen LogP contribution in [0, 0.1) is 5.82 Å². The number of benzene rings is 4. The van der Waals surface area contributed by atoms with Crippen molar-refractivity contribution in [3.05, 3.63) is 118 Å². The summed E-state index contributed by atoms with van der Waals surface area (Å²) in [5, 5.41) is 12.6. The van der Waals surface area contributed by atoms with Crippen LogP contribution in [-0.4, -0.2) is 36.7 Å². The molecule has 5 rings (SSSR count). The van der Waals surface area contributed by atoms with Gasteiger partial charge in [-0.15, -0.1) is 11.3 Å². The highest BCUT2D eigenvalue weighted by Crippen LogP contribution is 2.36. The lowest BCUT2D eigenvalue weighted by atomic mass is 10.1. The normalized spacial score (nSPS) is 10.8. The van der Waals surface area contributed by atoms with Gasteiger partial charge in [0.1, 0.15) is 5.82 Å². The number of para-hydroxylation sites is 2. The van der Waals surface area contributed by atoms with E-state index in [9.17, 15) is 14.0 Å². The molecule has 0 bridgehead atoms. The molecule has 0 fully saturated rings. The van der Waals surface area contributed by atoms with E-state index >= 15 is 0 Å². The van der Waals surface area contributed by atoms with Gasteiger partial charge in [-0.25, -0.2) is 14.8 Å². The van der Waals surface area contributed by atoms with Gasteiger partial charge in [0, 0.05) is 22.2 Å². The molecule has 5 aromatic rings. The van der Waals surface area contributed by atoms with E-state index in [0.29, 0.717) is 11.1 Å². The summed E-state index contributed by atoms with van der Waals surface area (Å²) in [6.07, 6.45) is 1.39. The minimum Gasteiger partial charge on any atom is -0.493 e. The van der Waals surface area contributed by atoms with Crippen molar-refractivity contribution in [1.82, 2.24) is 10.4 Å². The Morgan fingerprint density at radius 3 is 2.52 bits per heavy atom. The predicted molar refractivity (Wildman–Crippen MR) is 171 cm³/mol. The van der Waals surface area contributed by atoms with Crippen molar-refractivity contribution in [2.75, 3.05) is 24.4 Å². The largest absolute Gasteiger partial charge is 0.493 e. The smallest absolute Gasteiger partial charge is 0.271 e. The molecule has 4 aromatic carbocycles. The lowest BCUT2D eigenvalue weighted by Crippen LogP contribution is -2.21. The van der Waals surface area contributed by atoms with E-state index in [4.69, 9.17) is 21.1 Å². The molecule has 0 aliphatic heterocycles. The monoisotopic (exact) mass is 629 g/mol. The molecular formula is C32H25ClFN5O4S. The molecule has 0 spiro atoms. The zero-order valence-corrected chi connectivity index (χ0v) is 24.8. The Kier molecular flexibility index (Phi) is 9.80. The van der Waals surface area contributed by atoms with Crippen molar-refractivity contribution in [3.63, 3.8) is 0 Å². The van der Waals surface area contributed by atoms with Crippen molar-refractivity contribution in [3.8, 4) is 22.8 Å². The standard InChI is InChI=1S/C32H25ClFN5O4S/c1-42-28-16-20(15-24(33)30(28)43-18-29(40)37-26-10-6-5-9-25(26)34)17-35-39-31(41)22-13-11-21(12-14-22)27-19-44-32(38-27)36-23-7-3-2-4-8-23/h2-17,19H,18H2,1H3,(H,36,38)(H,37,40)(H,39,41)/b35-17+. The topological polar surface area (TPSA) is 114 Å². The molecule has 9 nitrogen and oxygen atoms in total. The van der Waals surface area contributed by atoms with Crippen LogP contribution < -0.4 is 25.5 Å². The zero-order valence-electron chi connectivity index (χ0n) is 23.2. The molecular weight excluding hydrogens is 605 g/mol. The summed E-state index contributed by atoms with van der Waals surface area (Å²) in [5.41, 5.74) is 6.06. The summed E-state index contributed by atoms with van der Waals surface area (Å²) in [7, 11) is 1.41.